The average Bonchev–Trinajstić information content (AvgIpc) is 2.69. The predicted molar refractivity (Wildman–Crippen MR) is 55.8 cm³/mol. The number of hydrogen-bond acceptors (Lipinski definition) is 1. The van der Waals surface area contributed by atoms with Crippen molar-refractivity contribution in [2.45, 2.75) is 39.5 Å². The number of rotatable bonds is 1. The van der Waals surface area contributed by atoms with Crippen LogP contribution in [0.1, 0.15) is 39.5 Å². The molecule has 1 heteroatoms. The average molecular weight is 192 g/mol. The molecule has 0 heterocycles. The molecule has 0 spiro atoms. The molecule has 14 heavy (non-hydrogen) atoms. The van der Waals surface area contributed by atoms with Crippen molar-refractivity contribution in [3.63, 3.8) is 0 Å². The van der Waals surface area contributed by atoms with Gasteiger partial charge in [0, 0.05) is 5.92 Å². The smallest absolute Gasteiger partial charge is 0.133 e. The van der Waals surface area contributed by atoms with Crippen molar-refractivity contribution in [2.24, 2.45) is 35.5 Å². The minimum atomic E-state index is 0.430. The highest BCUT2D eigenvalue weighted by molar-refractivity contribution is 5.79. The van der Waals surface area contributed by atoms with Crippen LogP contribution in [0.2, 0.25) is 0 Å². The molecule has 3 rings (SSSR count). The minimum absolute atomic E-state index is 0.430. The summed E-state index contributed by atoms with van der Waals surface area (Å²) in [6.07, 6.45) is 5.68. The van der Waals surface area contributed by atoms with Crippen molar-refractivity contribution in [3.8, 4) is 0 Å². The van der Waals surface area contributed by atoms with E-state index in [0.29, 0.717) is 17.6 Å². The Hall–Kier alpha value is -0.330. The molecular weight excluding hydrogens is 172 g/mol. The summed E-state index contributed by atoms with van der Waals surface area (Å²) in [6, 6.07) is 0. The molecule has 1 nitrogen and oxygen atoms in total. The molecule has 3 aliphatic carbocycles. The summed E-state index contributed by atoms with van der Waals surface area (Å²) in [5, 5.41) is 0. The Balaban J connectivity index is 1.91. The van der Waals surface area contributed by atoms with Gasteiger partial charge in [0.2, 0.25) is 0 Å². The summed E-state index contributed by atoms with van der Waals surface area (Å²) in [6.45, 7) is 4.14. The second-order valence-electron chi connectivity index (χ2n) is 5.82. The molecule has 0 aromatic carbocycles. The number of ketones is 1. The molecule has 3 fully saturated rings. The Bertz CT molecular complexity index is 270. The van der Waals surface area contributed by atoms with E-state index in [9.17, 15) is 4.79 Å². The summed E-state index contributed by atoms with van der Waals surface area (Å²) >= 11 is 0. The topological polar surface area (TPSA) is 17.1 Å². The maximum absolute atomic E-state index is 11.6. The molecule has 0 radical (unpaired) electrons. The lowest BCUT2D eigenvalue weighted by Crippen LogP contribution is -2.34. The maximum Gasteiger partial charge on any atom is 0.133 e. The minimum Gasteiger partial charge on any atom is -0.300 e. The molecule has 0 N–H and O–H groups in total. The van der Waals surface area contributed by atoms with Gasteiger partial charge in [0.25, 0.3) is 0 Å². The maximum atomic E-state index is 11.6. The lowest BCUT2D eigenvalue weighted by Gasteiger charge is -2.35. The van der Waals surface area contributed by atoms with Gasteiger partial charge in [0.1, 0.15) is 5.78 Å². The zero-order valence-electron chi connectivity index (χ0n) is 9.20. The molecule has 78 valence electrons. The predicted octanol–water partition coefficient (Wildman–Crippen LogP) is 2.89. The molecule has 2 bridgehead atoms. The fraction of sp³-hybridized carbons (Fsp3) is 0.923. The van der Waals surface area contributed by atoms with Crippen molar-refractivity contribution >= 4 is 5.78 Å². The standard InChI is InChI=1S/C13H20O/c1-7-11-6-12(13(7)8(2)14)10-5-3-4-9(10)11/h7,9-13H,3-6H2,1-2H3. The van der Waals surface area contributed by atoms with Crippen molar-refractivity contribution < 1.29 is 4.79 Å². The summed E-state index contributed by atoms with van der Waals surface area (Å²) in [4.78, 5) is 11.6. The first-order valence-electron chi connectivity index (χ1n) is 6.20. The van der Waals surface area contributed by atoms with Gasteiger partial charge in [-0.05, 0) is 55.8 Å². The Morgan fingerprint density at radius 2 is 1.71 bits per heavy atom. The number of Topliss-reactive ketones (excluding diaryl/α,β-unsaturated/α-hetero) is 1. The van der Waals surface area contributed by atoms with E-state index in [1.165, 1.54) is 25.7 Å². The third kappa shape index (κ3) is 0.936. The first-order chi connectivity index (χ1) is 6.70. The van der Waals surface area contributed by atoms with Gasteiger partial charge < -0.3 is 0 Å². The first kappa shape index (κ1) is 8.94. The van der Waals surface area contributed by atoms with Crippen molar-refractivity contribution in [2.75, 3.05) is 0 Å². The highest BCUT2D eigenvalue weighted by atomic mass is 16.1. The van der Waals surface area contributed by atoms with Crippen LogP contribution in [0.3, 0.4) is 0 Å². The molecule has 0 amide bonds. The van der Waals surface area contributed by atoms with Gasteiger partial charge in [-0.1, -0.05) is 13.3 Å². The molecule has 0 aliphatic heterocycles. The first-order valence-corrected chi connectivity index (χ1v) is 6.20. The normalized spacial score (nSPS) is 55.0. The molecule has 6 unspecified atom stereocenters. The molecule has 0 aromatic heterocycles. The van der Waals surface area contributed by atoms with Gasteiger partial charge in [-0.25, -0.2) is 0 Å². The van der Waals surface area contributed by atoms with Gasteiger partial charge in [-0.2, -0.15) is 0 Å². The van der Waals surface area contributed by atoms with E-state index in [0.717, 1.165) is 23.7 Å². The van der Waals surface area contributed by atoms with Crippen LogP contribution in [0.15, 0.2) is 0 Å². The van der Waals surface area contributed by atoms with Crippen LogP contribution in [-0.4, -0.2) is 5.78 Å². The summed E-state index contributed by atoms with van der Waals surface area (Å²) in [5.74, 6) is 5.21. The Labute approximate surface area is 86.3 Å². The molecule has 6 atom stereocenters. The quantitative estimate of drug-likeness (QED) is 0.624. The summed E-state index contributed by atoms with van der Waals surface area (Å²) in [5.41, 5.74) is 0. The highest BCUT2D eigenvalue weighted by Gasteiger charge is 2.58. The van der Waals surface area contributed by atoms with Crippen LogP contribution in [0, 0.1) is 35.5 Å². The zero-order chi connectivity index (χ0) is 9.87. The van der Waals surface area contributed by atoms with Gasteiger partial charge in [-0.15, -0.1) is 0 Å². The highest BCUT2D eigenvalue weighted by Crippen LogP contribution is 2.63. The van der Waals surface area contributed by atoms with Gasteiger partial charge in [-0.3, -0.25) is 4.79 Å². The van der Waals surface area contributed by atoms with Gasteiger partial charge in [0.05, 0.1) is 0 Å². The van der Waals surface area contributed by atoms with Crippen LogP contribution in [0.5, 0.6) is 0 Å². The Morgan fingerprint density at radius 1 is 1.07 bits per heavy atom. The lowest BCUT2D eigenvalue weighted by atomic mass is 9.69. The van der Waals surface area contributed by atoms with Gasteiger partial charge >= 0.3 is 0 Å². The molecule has 3 aliphatic rings. The van der Waals surface area contributed by atoms with Crippen LogP contribution in [0.4, 0.5) is 0 Å². The van der Waals surface area contributed by atoms with Crippen LogP contribution in [-0.2, 0) is 4.79 Å². The van der Waals surface area contributed by atoms with Crippen molar-refractivity contribution in [3.05, 3.63) is 0 Å². The van der Waals surface area contributed by atoms with Crippen LogP contribution >= 0.6 is 0 Å². The Morgan fingerprint density at radius 3 is 2.36 bits per heavy atom. The van der Waals surface area contributed by atoms with Gasteiger partial charge in [0.15, 0.2) is 0 Å². The molecule has 0 saturated heterocycles. The van der Waals surface area contributed by atoms with E-state index in [-0.39, 0.29) is 0 Å². The Kier molecular flexibility index (Phi) is 1.81. The second kappa shape index (κ2) is 2.84. The summed E-state index contributed by atoms with van der Waals surface area (Å²) < 4.78 is 0. The van der Waals surface area contributed by atoms with Crippen molar-refractivity contribution in [1.82, 2.24) is 0 Å². The number of hydrogen-bond donors (Lipinski definition) is 0. The van der Waals surface area contributed by atoms with E-state index in [1.54, 1.807) is 0 Å². The van der Waals surface area contributed by atoms with E-state index in [2.05, 4.69) is 6.92 Å². The SMILES string of the molecule is CC(=O)C1C(C)C2CC1C1CCCC21. The fourth-order valence-corrected chi connectivity index (χ4v) is 5.09. The van der Waals surface area contributed by atoms with E-state index < -0.39 is 0 Å². The zero-order valence-corrected chi connectivity index (χ0v) is 9.20. The summed E-state index contributed by atoms with van der Waals surface area (Å²) in [7, 11) is 0. The van der Waals surface area contributed by atoms with Crippen molar-refractivity contribution in [1.29, 1.82) is 0 Å². The third-order valence-corrected chi connectivity index (χ3v) is 5.44. The molecular formula is C13H20O. The number of fused-ring (bicyclic) bond motifs is 5. The van der Waals surface area contributed by atoms with Crippen LogP contribution in [0.25, 0.3) is 0 Å². The largest absolute Gasteiger partial charge is 0.300 e. The molecule has 3 saturated carbocycles. The monoisotopic (exact) mass is 192 g/mol. The number of carbonyl (C=O) groups is 1. The number of carbonyl (C=O) groups excluding carboxylic acids is 1. The lowest BCUT2D eigenvalue weighted by molar-refractivity contribution is -0.125. The van der Waals surface area contributed by atoms with E-state index >= 15 is 0 Å². The fourth-order valence-electron chi connectivity index (χ4n) is 5.09. The van der Waals surface area contributed by atoms with E-state index in [4.69, 9.17) is 0 Å². The molecule has 0 aromatic rings. The second-order valence-corrected chi connectivity index (χ2v) is 5.82. The van der Waals surface area contributed by atoms with Crippen LogP contribution < -0.4 is 0 Å². The van der Waals surface area contributed by atoms with E-state index in [1.807, 2.05) is 6.92 Å². The third-order valence-electron chi connectivity index (χ3n) is 5.44.